The van der Waals surface area contributed by atoms with E-state index < -0.39 is 5.60 Å². The number of amides is 1. The molecule has 0 aromatic carbocycles. The average Bonchev–Trinajstić information content (AvgIpc) is 2.74. The zero-order valence-corrected chi connectivity index (χ0v) is 13.6. The van der Waals surface area contributed by atoms with Crippen LogP contribution < -0.4 is 9.64 Å². The summed E-state index contributed by atoms with van der Waals surface area (Å²) in [7, 11) is 1.64. The molecule has 0 saturated carbocycles. The summed E-state index contributed by atoms with van der Waals surface area (Å²) in [5, 5.41) is 0. The molecule has 6 heteroatoms. The highest BCUT2D eigenvalue weighted by molar-refractivity contribution is 5.70. The Balaban J connectivity index is 1.64. The summed E-state index contributed by atoms with van der Waals surface area (Å²) in [5.74, 6) is 1.26. The highest BCUT2D eigenvalue weighted by Crippen LogP contribution is 2.36. The van der Waals surface area contributed by atoms with Crippen LogP contribution in [-0.4, -0.2) is 54.4 Å². The minimum absolute atomic E-state index is 0.209. The SMILES string of the molecule is COc1cncc(N2C[C@H]3CN(C(=O)OC(C)(C)C)[C@H]3C2)c1. The molecular formula is C16H23N3O3. The molecule has 0 aliphatic carbocycles. The summed E-state index contributed by atoms with van der Waals surface area (Å²) in [6.45, 7) is 8.21. The van der Waals surface area contributed by atoms with Gasteiger partial charge >= 0.3 is 6.09 Å². The van der Waals surface area contributed by atoms with Crippen LogP contribution in [0, 0.1) is 5.92 Å². The monoisotopic (exact) mass is 305 g/mol. The van der Waals surface area contributed by atoms with Crippen LogP contribution in [0.3, 0.4) is 0 Å². The molecule has 0 spiro atoms. The molecule has 1 aromatic heterocycles. The van der Waals surface area contributed by atoms with Crippen LogP contribution in [0.2, 0.25) is 0 Å². The third kappa shape index (κ3) is 2.82. The average molecular weight is 305 g/mol. The van der Waals surface area contributed by atoms with E-state index in [4.69, 9.17) is 9.47 Å². The number of rotatable bonds is 2. The number of carbonyl (C=O) groups is 1. The first-order valence-corrected chi connectivity index (χ1v) is 7.61. The van der Waals surface area contributed by atoms with Crippen molar-refractivity contribution >= 4 is 11.8 Å². The number of methoxy groups -OCH3 is 1. The Morgan fingerprint density at radius 3 is 2.73 bits per heavy atom. The van der Waals surface area contributed by atoms with Crippen molar-refractivity contribution in [2.24, 2.45) is 5.92 Å². The second kappa shape index (κ2) is 5.34. The van der Waals surface area contributed by atoms with Gasteiger partial charge in [0.05, 0.1) is 31.2 Å². The predicted molar refractivity (Wildman–Crippen MR) is 83.2 cm³/mol. The highest BCUT2D eigenvalue weighted by Gasteiger charge is 2.49. The lowest BCUT2D eigenvalue weighted by Gasteiger charge is -2.43. The minimum Gasteiger partial charge on any atom is -0.495 e. The number of anilines is 1. The Hall–Kier alpha value is -1.98. The topological polar surface area (TPSA) is 54.9 Å². The molecule has 2 aliphatic rings. The first-order chi connectivity index (χ1) is 10.4. The lowest BCUT2D eigenvalue weighted by molar-refractivity contribution is -0.0163. The number of nitrogens with zero attached hydrogens (tertiary/aromatic N) is 3. The van der Waals surface area contributed by atoms with Crippen LogP contribution in [0.5, 0.6) is 5.75 Å². The van der Waals surface area contributed by atoms with Gasteiger partial charge in [-0.15, -0.1) is 0 Å². The van der Waals surface area contributed by atoms with Crippen LogP contribution in [0.25, 0.3) is 0 Å². The van der Waals surface area contributed by atoms with Crippen LogP contribution in [0.1, 0.15) is 20.8 Å². The van der Waals surface area contributed by atoms with Crippen molar-refractivity contribution in [1.82, 2.24) is 9.88 Å². The Labute approximate surface area is 131 Å². The van der Waals surface area contributed by atoms with E-state index in [0.717, 1.165) is 31.1 Å². The number of ether oxygens (including phenoxy) is 2. The van der Waals surface area contributed by atoms with E-state index in [1.165, 1.54) is 0 Å². The van der Waals surface area contributed by atoms with Gasteiger partial charge in [-0.3, -0.25) is 4.98 Å². The van der Waals surface area contributed by atoms with Crippen molar-refractivity contribution in [3.63, 3.8) is 0 Å². The van der Waals surface area contributed by atoms with Gasteiger partial charge < -0.3 is 19.3 Å². The van der Waals surface area contributed by atoms with E-state index in [1.54, 1.807) is 13.3 Å². The lowest BCUT2D eigenvalue weighted by atomic mass is 9.93. The molecule has 1 amide bonds. The van der Waals surface area contributed by atoms with E-state index >= 15 is 0 Å². The second-order valence-corrected chi connectivity index (χ2v) is 6.95. The molecule has 0 bridgehead atoms. The molecule has 0 unspecified atom stereocenters. The smallest absolute Gasteiger partial charge is 0.410 e. The predicted octanol–water partition coefficient (Wildman–Crippen LogP) is 2.15. The maximum Gasteiger partial charge on any atom is 0.410 e. The van der Waals surface area contributed by atoms with Gasteiger partial charge in [0.2, 0.25) is 0 Å². The first kappa shape index (κ1) is 14.9. The van der Waals surface area contributed by atoms with Gasteiger partial charge in [-0.1, -0.05) is 0 Å². The maximum atomic E-state index is 12.2. The number of fused-ring (bicyclic) bond motifs is 1. The number of aromatic nitrogens is 1. The zero-order valence-electron chi connectivity index (χ0n) is 13.6. The van der Waals surface area contributed by atoms with Crippen molar-refractivity contribution in [3.05, 3.63) is 18.5 Å². The lowest BCUT2D eigenvalue weighted by Crippen LogP contribution is -2.59. The molecule has 22 heavy (non-hydrogen) atoms. The fourth-order valence-electron chi connectivity index (χ4n) is 3.07. The van der Waals surface area contributed by atoms with Crippen LogP contribution >= 0.6 is 0 Å². The van der Waals surface area contributed by atoms with Crippen molar-refractivity contribution in [3.8, 4) is 5.75 Å². The van der Waals surface area contributed by atoms with Gasteiger partial charge in [-0.25, -0.2) is 4.79 Å². The molecule has 2 fully saturated rings. The number of carbonyl (C=O) groups excluding carboxylic acids is 1. The molecule has 3 rings (SSSR count). The van der Waals surface area contributed by atoms with Gasteiger partial charge in [0, 0.05) is 31.6 Å². The molecule has 2 saturated heterocycles. The van der Waals surface area contributed by atoms with E-state index in [0.29, 0.717) is 5.92 Å². The van der Waals surface area contributed by atoms with Gasteiger partial charge in [0.1, 0.15) is 11.4 Å². The van der Waals surface area contributed by atoms with E-state index in [1.807, 2.05) is 37.9 Å². The van der Waals surface area contributed by atoms with E-state index in [2.05, 4.69) is 9.88 Å². The second-order valence-electron chi connectivity index (χ2n) is 6.95. The van der Waals surface area contributed by atoms with Crippen molar-refractivity contribution in [1.29, 1.82) is 0 Å². The molecule has 0 radical (unpaired) electrons. The summed E-state index contributed by atoms with van der Waals surface area (Å²) < 4.78 is 10.7. The quantitative estimate of drug-likeness (QED) is 0.838. The summed E-state index contributed by atoms with van der Waals surface area (Å²) in [6, 6.07) is 2.22. The molecule has 3 heterocycles. The van der Waals surface area contributed by atoms with Gasteiger partial charge in [-0.05, 0) is 20.8 Å². The van der Waals surface area contributed by atoms with E-state index in [-0.39, 0.29) is 12.1 Å². The fraction of sp³-hybridized carbons (Fsp3) is 0.625. The molecule has 0 N–H and O–H groups in total. The Kier molecular flexibility index (Phi) is 3.62. The van der Waals surface area contributed by atoms with Gasteiger partial charge in [0.15, 0.2) is 0 Å². The van der Waals surface area contributed by atoms with Gasteiger partial charge in [-0.2, -0.15) is 0 Å². The van der Waals surface area contributed by atoms with Gasteiger partial charge in [0.25, 0.3) is 0 Å². The molecule has 2 aliphatic heterocycles. The van der Waals surface area contributed by atoms with Crippen LogP contribution in [0.4, 0.5) is 10.5 Å². The summed E-state index contributed by atoms with van der Waals surface area (Å²) in [4.78, 5) is 20.5. The number of likely N-dealkylation sites (tertiary alicyclic amines) is 1. The molecule has 2 atom stereocenters. The van der Waals surface area contributed by atoms with Crippen molar-refractivity contribution < 1.29 is 14.3 Å². The molecule has 1 aromatic rings. The zero-order chi connectivity index (χ0) is 15.9. The summed E-state index contributed by atoms with van der Waals surface area (Å²) in [6.07, 6.45) is 3.33. The Bertz CT molecular complexity index is 570. The Morgan fingerprint density at radius 2 is 2.05 bits per heavy atom. The summed E-state index contributed by atoms with van der Waals surface area (Å²) >= 11 is 0. The number of hydrogen-bond acceptors (Lipinski definition) is 5. The van der Waals surface area contributed by atoms with Crippen LogP contribution in [-0.2, 0) is 4.74 Å². The third-order valence-corrected chi connectivity index (χ3v) is 4.17. The standard InChI is InChI=1S/C16H23N3O3/c1-16(2,3)22-15(20)19-9-11-8-18(10-14(11)19)12-5-13(21-4)7-17-6-12/h5-7,11,14H,8-10H2,1-4H3/t11-,14-/m0/s1. The molecule has 120 valence electrons. The maximum absolute atomic E-state index is 12.2. The largest absolute Gasteiger partial charge is 0.495 e. The van der Waals surface area contributed by atoms with Crippen molar-refractivity contribution in [2.45, 2.75) is 32.4 Å². The number of pyridine rings is 1. The van der Waals surface area contributed by atoms with Crippen molar-refractivity contribution in [2.75, 3.05) is 31.6 Å². The normalized spacial score (nSPS) is 23.8. The molecule has 6 nitrogen and oxygen atoms in total. The highest BCUT2D eigenvalue weighted by atomic mass is 16.6. The minimum atomic E-state index is -0.447. The summed E-state index contributed by atoms with van der Waals surface area (Å²) in [5.41, 5.74) is 0.592. The fourth-order valence-corrected chi connectivity index (χ4v) is 3.07. The Morgan fingerprint density at radius 1 is 1.27 bits per heavy atom. The number of hydrogen-bond donors (Lipinski definition) is 0. The molecular weight excluding hydrogens is 282 g/mol. The first-order valence-electron chi connectivity index (χ1n) is 7.61. The van der Waals surface area contributed by atoms with E-state index in [9.17, 15) is 4.79 Å². The third-order valence-electron chi connectivity index (χ3n) is 4.17. The van der Waals surface area contributed by atoms with Crippen LogP contribution in [0.15, 0.2) is 18.5 Å².